The molecule has 1 N–H and O–H groups in total. The summed E-state index contributed by atoms with van der Waals surface area (Å²) in [7, 11) is 3.08. The van der Waals surface area contributed by atoms with Crippen molar-refractivity contribution >= 4 is 72.1 Å². The average molecular weight is 439 g/mol. The average Bonchev–Trinajstić information content (AvgIpc) is 2.66. The van der Waals surface area contributed by atoms with Crippen molar-refractivity contribution < 1.29 is 14.6 Å². The minimum absolute atomic E-state index is 0.0380. The number of ether oxygens (including phenoxy) is 1. The monoisotopic (exact) mass is 437 g/mol. The number of hydrogen-bond donors (Lipinski definition) is 1. The zero-order valence-electron chi connectivity index (χ0n) is 10.4. The molecule has 0 aromatic heterocycles. The van der Waals surface area contributed by atoms with Crippen LogP contribution in [0.15, 0.2) is 19.9 Å². The van der Waals surface area contributed by atoms with Gasteiger partial charge in [-0.2, -0.15) is 0 Å². The first-order valence-corrected chi connectivity index (χ1v) is 8.14. The molecule has 4 nitrogen and oxygen atoms in total. The summed E-state index contributed by atoms with van der Waals surface area (Å²) in [5.41, 5.74) is 0.463. The van der Waals surface area contributed by atoms with Gasteiger partial charge in [-0.25, -0.2) is 0 Å². The summed E-state index contributed by atoms with van der Waals surface area (Å²) in [5.74, 6) is 0.0903. The fourth-order valence-corrected chi connectivity index (χ4v) is 3.58. The lowest BCUT2D eigenvalue weighted by atomic mass is 10.1. The summed E-state index contributed by atoms with van der Waals surface area (Å²) < 4.78 is 6.93. The van der Waals surface area contributed by atoms with E-state index in [2.05, 4.69) is 31.9 Å². The molecule has 1 heterocycles. The maximum atomic E-state index is 12.0. The molecule has 1 fully saturated rings. The summed E-state index contributed by atoms with van der Waals surface area (Å²) in [6.07, 6.45) is 1.59. The molecule has 0 spiro atoms. The van der Waals surface area contributed by atoms with E-state index in [1.54, 1.807) is 19.2 Å². The van der Waals surface area contributed by atoms with Gasteiger partial charge in [0.05, 0.1) is 12.0 Å². The molecule has 0 radical (unpaired) electrons. The van der Waals surface area contributed by atoms with Crippen LogP contribution >= 0.6 is 55.8 Å². The van der Waals surface area contributed by atoms with Crippen LogP contribution < -0.4 is 4.74 Å². The second kappa shape index (κ2) is 6.05. The van der Waals surface area contributed by atoms with E-state index in [-0.39, 0.29) is 11.7 Å². The smallest absolute Gasteiger partial charge is 0.265 e. The van der Waals surface area contributed by atoms with Crippen LogP contribution in [0.5, 0.6) is 11.5 Å². The van der Waals surface area contributed by atoms with Gasteiger partial charge in [-0.15, -0.1) is 0 Å². The van der Waals surface area contributed by atoms with E-state index in [9.17, 15) is 9.90 Å². The van der Waals surface area contributed by atoms with E-state index < -0.39 is 0 Å². The highest BCUT2D eigenvalue weighted by Crippen LogP contribution is 2.43. The Morgan fingerprint density at radius 3 is 2.65 bits per heavy atom. The fourth-order valence-electron chi connectivity index (χ4n) is 1.58. The van der Waals surface area contributed by atoms with Gasteiger partial charge < -0.3 is 9.84 Å². The topological polar surface area (TPSA) is 49.8 Å². The second-order valence-corrected chi connectivity index (χ2v) is 7.20. The van der Waals surface area contributed by atoms with E-state index in [0.29, 0.717) is 29.5 Å². The molecule has 0 bridgehead atoms. The van der Waals surface area contributed by atoms with Crippen molar-refractivity contribution in [1.29, 1.82) is 0 Å². The number of thioether (sulfide) groups is 1. The van der Waals surface area contributed by atoms with Crippen molar-refractivity contribution in [2.45, 2.75) is 0 Å². The minimum Gasteiger partial charge on any atom is -0.504 e. The quantitative estimate of drug-likeness (QED) is 0.562. The first kappa shape index (κ1) is 15.8. The van der Waals surface area contributed by atoms with Crippen molar-refractivity contribution in [2.24, 2.45) is 0 Å². The van der Waals surface area contributed by atoms with Crippen LogP contribution in [0, 0.1) is 0 Å². The van der Waals surface area contributed by atoms with Gasteiger partial charge in [0.15, 0.2) is 11.5 Å². The molecule has 0 saturated carbocycles. The van der Waals surface area contributed by atoms with Crippen LogP contribution in [0.2, 0.25) is 0 Å². The molecule has 0 aliphatic carbocycles. The Bertz CT molecular complexity index is 646. The van der Waals surface area contributed by atoms with Crippen LogP contribution in [0.25, 0.3) is 6.08 Å². The van der Waals surface area contributed by atoms with Gasteiger partial charge >= 0.3 is 0 Å². The SMILES string of the molecule is COc1cc(Br)c(Br)c(/C=C2/SC(=S)N(C)C2=O)c1O. The highest BCUT2D eigenvalue weighted by molar-refractivity contribution is 9.13. The number of likely N-dealkylation sites (N-methyl/N-ethyl adjacent to an activating group) is 1. The number of thiocarbonyl (C=S) groups is 1. The lowest BCUT2D eigenvalue weighted by molar-refractivity contribution is -0.121. The van der Waals surface area contributed by atoms with Gasteiger partial charge in [0.1, 0.15) is 4.32 Å². The third kappa shape index (κ3) is 2.74. The van der Waals surface area contributed by atoms with Crippen molar-refractivity contribution in [2.75, 3.05) is 14.2 Å². The summed E-state index contributed by atoms with van der Waals surface area (Å²) >= 11 is 13.0. The number of phenolic OH excluding ortho intramolecular Hbond substituents is 1. The number of carbonyl (C=O) groups is 1. The van der Waals surface area contributed by atoms with Crippen molar-refractivity contribution in [3.8, 4) is 11.5 Å². The molecule has 0 unspecified atom stereocenters. The summed E-state index contributed by atoms with van der Waals surface area (Å²) in [6, 6.07) is 1.64. The van der Waals surface area contributed by atoms with Gasteiger partial charge in [-0.3, -0.25) is 9.69 Å². The molecule has 1 saturated heterocycles. The second-order valence-electron chi connectivity index (χ2n) is 3.88. The van der Waals surface area contributed by atoms with Crippen LogP contribution in [0.3, 0.4) is 0 Å². The van der Waals surface area contributed by atoms with Gasteiger partial charge in [0, 0.05) is 21.6 Å². The molecular weight excluding hydrogens is 430 g/mol. The third-order valence-electron chi connectivity index (χ3n) is 2.67. The molecule has 1 aliphatic rings. The Kier molecular flexibility index (Phi) is 4.78. The van der Waals surface area contributed by atoms with Crippen LogP contribution in [0.4, 0.5) is 0 Å². The van der Waals surface area contributed by atoms with Crippen molar-refractivity contribution in [1.82, 2.24) is 4.90 Å². The van der Waals surface area contributed by atoms with E-state index in [1.165, 1.54) is 23.8 Å². The number of halogens is 2. The maximum absolute atomic E-state index is 12.0. The lowest BCUT2D eigenvalue weighted by Crippen LogP contribution is -2.22. The molecule has 1 aliphatic heterocycles. The van der Waals surface area contributed by atoms with Crippen molar-refractivity contribution in [3.05, 3.63) is 25.5 Å². The number of amides is 1. The Labute approximate surface area is 142 Å². The Morgan fingerprint density at radius 2 is 2.15 bits per heavy atom. The molecule has 1 aromatic rings. The van der Waals surface area contributed by atoms with Crippen LogP contribution in [-0.4, -0.2) is 34.4 Å². The number of aromatic hydroxyl groups is 1. The predicted molar refractivity (Wildman–Crippen MR) is 91.0 cm³/mol. The summed E-state index contributed by atoms with van der Waals surface area (Å²) in [4.78, 5) is 13.8. The third-order valence-corrected chi connectivity index (χ3v) is 6.17. The molecule has 106 valence electrons. The van der Waals surface area contributed by atoms with E-state index in [4.69, 9.17) is 17.0 Å². The summed E-state index contributed by atoms with van der Waals surface area (Å²) in [6.45, 7) is 0. The molecule has 20 heavy (non-hydrogen) atoms. The summed E-state index contributed by atoms with van der Waals surface area (Å²) in [5, 5.41) is 10.2. The largest absolute Gasteiger partial charge is 0.504 e. The van der Waals surface area contributed by atoms with Crippen molar-refractivity contribution in [3.63, 3.8) is 0 Å². The molecule has 1 amide bonds. The molecule has 1 aromatic carbocycles. The van der Waals surface area contributed by atoms with Gasteiger partial charge in [0.25, 0.3) is 5.91 Å². The standard InChI is InChI=1S/C12H9Br2NO3S2/c1-15-11(17)8(20-12(15)19)3-5-9(14)6(13)4-7(18-2)10(5)16/h3-4,16H,1-2H3/b8-3+. The highest BCUT2D eigenvalue weighted by Gasteiger charge is 2.29. The first-order chi connectivity index (χ1) is 9.36. The molecule has 2 rings (SSSR count). The Morgan fingerprint density at radius 1 is 1.50 bits per heavy atom. The predicted octanol–water partition coefficient (Wildman–Crippen LogP) is 3.76. The lowest BCUT2D eigenvalue weighted by Gasteiger charge is -2.10. The number of hydrogen-bond acceptors (Lipinski definition) is 5. The number of carbonyl (C=O) groups excluding carboxylic acids is 1. The van der Waals surface area contributed by atoms with E-state index in [1.807, 2.05) is 0 Å². The molecular formula is C12H9Br2NO3S2. The van der Waals surface area contributed by atoms with Gasteiger partial charge in [-0.1, -0.05) is 24.0 Å². The first-order valence-electron chi connectivity index (χ1n) is 5.33. The van der Waals surface area contributed by atoms with Gasteiger partial charge in [-0.05, 0) is 44.0 Å². The zero-order chi connectivity index (χ0) is 15.0. The zero-order valence-corrected chi connectivity index (χ0v) is 15.2. The number of methoxy groups -OCH3 is 1. The van der Waals surface area contributed by atoms with E-state index >= 15 is 0 Å². The number of benzene rings is 1. The minimum atomic E-state index is -0.190. The number of phenols is 1. The Hall–Kier alpha value is -0.570. The number of rotatable bonds is 2. The van der Waals surface area contributed by atoms with E-state index in [0.717, 1.165) is 0 Å². The van der Waals surface area contributed by atoms with Crippen LogP contribution in [-0.2, 0) is 4.79 Å². The molecule has 8 heteroatoms. The fraction of sp³-hybridized carbons (Fsp3) is 0.167. The maximum Gasteiger partial charge on any atom is 0.265 e. The van der Waals surface area contributed by atoms with Gasteiger partial charge in [0.2, 0.25) is 0 Å². The Balaban J connectivity index is 2.57. The number of nitrogens with zero attached hydrogens (tertiary/aromatic N) is 1. The normalized spacial score (nSPS) is 17.2. The molecule has 0 atom stereocenters. The highest BCUT2D eigenvalue weighted by atomic mass is 79.9. The van der Waals surface area contributed by atoms with Crippen LogP contribution in [0.1, 0.15) is 5.56 Å².